The van der Waals surface area contributed by atoms with Crippen molar-refractivity contribution in [1.82, 2.24) is 9.97 Å². The van der Waals surface area contributed by atoms with Crippen LogP contribution < -0.4 is 4.90 Å². The van der Waals surface area contributed by atoms with Gasteiger partial charge < -0.3 is 10.0 Å². The van der Waals surface area contributed by atoms with Gasteiger partial charge in [-0.3, -0.25) is 4.79 Å². The smallest absolute Gasteiger partial charge is 0.156 e. The highest BCUT2D eigenvalue weighted by Crippen LogP contribution is 2.24. The number of rotatable bonds is 7. The van der Waals surface area contributed by atoms with E-state index in [1.807, 2.05) is 4.90 Å². The van der Waals surface area contributed by atoms with Gasteiger partial charge in [0.05, 0.1) is 12.2 Å². The molecule has 0 saturated carbocycles. The lowest BCUT2D eigenvalue weighted by Crippen LogP contribution is -2.38. The number of carbonyl (C=O) groups is 1. The van der Waals surface area contributed by atoms with E-state index in [1.165, 1.54) is 6.33 Å². The normalized spacial score (nSPS) is 10.7. The molecule has 0 aromatic carbocycles. The van der Waals surface area contributed by atoms with Crippen LogP contribution in [0.15, 0.2) is 6.33 Å². The number of halogens is 1. The van der Waals surface area contributed by atoms with Crippen LogP contribution in [0, 0.1) is 0 Å². The molecule has 1 heterocycles. The Morgan fingerprint density at radius 2 is 2.11 bits per heavy atom. The maximum Gasteiger partial charge on any atom is 0.156 e. The molecule has 0 spiro atoms. The predicted molar refractivity (Wildman–Crippen MR) is 71.2 cm³/mol. The second-order valence-electron chi connectivity index (χ2n) is 3.91. The first kappa shape index (κ1) is 14.9. The maximum absolute atomic E-state index is 11.1. The van der Waals surface area contributed by atoms with Gasteiger partial charge in [-0.15, -0.1) is 0 Å². The zero-order valence-electron chi connectivity index (χ0n) is 10.6. The summed E-state index contributed by atoms with van der Waals surface area (Å²) in [5.74, 6) is 0.493. The molecule has 1 aromatic heterocycles. The molecule has 1 N–H and O–H groups in total. The first-order valence-corrected chi connectivity index (χ1v) is 6.40. The zero-order valence-corrected chi connectivity index (χ0v) is 11.4. The van der Waals surface area contributed by atoms with Crippen molar-refractivity contribution in [2.45, 2.75) is 32.7 Å². The minimum Gasteiger partial charge on any atom is -0.395 e. The number of hydrogen-bond donors (Lipinski definition) is 1. The number of aliphatic hydroxyl groups excluding tert-OH is 1. The Morgan fingerprint density at radius 3 is 2.61 bits per heavy atom. The van der Waals surface area contributed by atoms with Crippen molar-refractivity contribution in [3.63, 3.8) is 0 Å². The summed E-state index contributed by atoms with van der Waals surface area (Å²) in [6.07, 6.45) is 3.79. The molecule has 0 bridgehead atoms. The third-order valence-corrected chi connectivity index (χ3v) is 3.23. The fourth-order valence-electron chi connectivity index (χ4n) is 1.99. The Hall–Kier alpha value is -1.20. The van der Waals surface area contributed by atoms with E-state index in [9.17, 15) is 4.79 Å². The van der Waals surface area contributed by atoms with Gasteiger partial charge in [0.1, 0.15) is 17.3 Å². The maximum atomic E-state index is 11.1. The molecule has 0 unspecified atom stereocenters. The van der Waals surface area contributed by atoms with Crippen LogP contribution in [0.4, 0.5) is 5.82 Å². The van der Waals surface area contributed by atoms with E-state index in [1.54, 1.807) is 0 Å². The summed E-state index contributed by atoms with van der Waals surface area (Å²) in [4.78, 5) is 20.9. The Balaban J connectivity index is 3.20. The van der Waals surface area contributed by atoms with Crippen LogP contribution in [0.2, 0.25) is 5.15 Å². The number of hydrogen-bond acceptors (Lipinski definition) is 5. The molecule has 5 nitrogen and oxygen atoms in total. The molecule has 0 atom stereocenters. The summed E-state index contributed by atoms with van der Waals surface area (Å²) >= 11 is 5.89. The fourth-order valence-corrected chi connectivity index (χ4v) is 2.17. The van der Waals surface area contributed by atoms with Crippen molar-refractivity contribution in [2.24, 2.45) is 0 Å². The highest BCUT2D eigenvalue weighted by Gasteiger charge is 2.21. The highest BCUT2D eigenvalue weighted by atomic mass is 35.5. The molecule has 1 rings (SSSR count). The van der Waals surface area contributed by atoms with E-state index >= 15 is 0 Å². The molecule has 18 heavy (non-hydrogen) atoms. The Labute approximate surface area is 112 Å². The van der Waals surface area contributed by atoms with E-state index in [2.05, 4.69) is 23.8 Å². The first-order chi connectivity index (χ1) is 8.69. The lowest BCUT2D eigenvalue weighted by atomic mass is 10.1. The van der Waals surface area contributed by atoms with Crippen LogP contribution >= 0.6 is 11.6 Å². The Morgan fingerprint density at radius 1 is 1.44 bits per heavy atom. The standard InChI is InChI=1S/C12H18ClN3O2/c1-3-9(4-2)16(5-6-17)12-10(7-18)11(13)14-8-15-12/h7-9,17H,3-6H2,1-2H3. The topological polar surface area (TPSA) is 66.3 Å². The van der Waals surface area contributed by atoms with Crippen molar-refractivity contribution >= 4 is 23.7 Å². The van der Waals surface area contributed by atoms with Gasteiger partial charge in [-0.25, -0.2) is 9.97 Å². The Bertz CT molecular complexity index is 397. The van der Waals surface area contributed by atoms with E-state index in [0.29, 0.717) is 18.6 Å². The minimum atomic E-state index is -0.00355. The van der Waals surface area contributed by atoms with Crippen molar-refractivity contribution in [3.8, 4) is 0 Å². The van der Waals surface area contributed by atoms with Crippen LogP contribution in [-0.4, -0.2) is 40.6 Å². The van der Waals surface area contributed by atoms with Gasteiger partial charge in [0.2, 0.25) is 0 Å². The van der Waals surface area contributed by atoms with Crippen LogP contribution in [0.5, 0.6) is 0 Å². The fraction of sp³-hybridized carbons (Fsp3) is 0.583. The Kier molecular flexibility index (Phi) is 6.01. The number of aliphatic hydroxyl groups is 1. The molecule has 0 radical (unpaired) electrons. The number of carbonyl (C=O) groups excluding carboxylic acids is 1. The summed E-state index contributed by atoms with van der Waals surface area (Å²) in [5.41, 5.74) is 0.277. The number of aldehydes is 1. The monoisotopic (exact) mass is 271 g/mol. The zero-order chi connectivity index (χ0) is 13.5. The van der Waals surface area contributed by atoms with Crippen LogP contribution in [-0.2, 0) is 0 Å². The van der Waals surface area contributed by atoms with E-state index < -0.39 is 0 Å². The van der Waals surface area contributed by atoms with Crippen molar-refractivity contribution in [3.05, 3.63) is 17.0 Å². The second-order valence-corrected chi connectivity index (χ2v) is 4.26. The summed E-state index contributed by atoms with van der Waals surface area (Å²) in [6, 6.07) is 0.210. The SMILES string of the molecule is CCC(CC)N(CCO)c1ncnc(Cl)c1C=O. The summed E-state index contributed by atoms with van der Waals surface area (Å²) < 4.78 is 0. The second kappa shape index (κ2) is 7.28. The summed E-state index contributed by atoms with van der Waals surface area (Å²) in [7, 11) is 0. The minimum absolute atomic E-state index is 0.00355. The molecule has 0 fully saturated rings. The van der Waals surface area contributed by atoms with Gasteiger partial charge in [-0.1, -0.05) is 25.4 Å². The van der Waals surface area contributed by atoms with Gasteiger partial charge in [-0.2, -0.15) is 0 Å². The molecule has 0 aliphatic heterocycles. The first-order valence-electron chi connectivity index (χ1n) is 6.02. The molecular weight excluding hydrogens is 254 g/mol. The number of anilines is 1. The molecule has 100 valence electrons. The number of nitrogens with zero attached hydrogens (tertiary/aromatic N) is 3. The van der Waals surface area contributed by atoms with Crippen LogP contribution in [0.25, 0.3) is 0 Å². The van der Waals surface area contributed by atoms with Crippen LogP contribution in [0.3, 0.4) is 0 Å². The van der Waals surface area contributed by atoms with Gasteiger partial charge in [0.15, 0.2) is 6.29 Å². The van der Waals surface area contributed by atoms with Gasteiger partial charge in [0, 0.05) is 12.6 Å². The molecular formula is C12H18ClN3O2. The number of aromatic nitrogens is 2. The third kappa shape index (κ3) is 3.17. The molecule has 0 amide bonds. The average Bonchev–Trinajstić information content (AvgIpc) is 2.38. The summed E-state index contributed by atoms with van der Waals surface area (Å²) in [6.45, 7) is 4.53. The molecule has 0 saturated heterocycles. The molecule has 1 aromatic rings. The van der Waals surface area contributed by atoms with E-state index in [-0.39, 0.29) is 23.4 Å². The lowest BCUT2D eigenvalue weighted by Gasteiger charge is -2.31. The largest absolute Gasteiger partial charge is 0.395 e. The van der Waals surface area contributed by atoms with Crippen LogP contribution in [0.1, 0.15) is 37.0 Å². The summed E-state index contributed by atoms with van der Waals surface area (Å²) in [5, 5.41) is 9.31. The average molecular weight is 272 g/mol. The van der Waals surface area contributed by atoms with E-state index in [4.69, 9.17) is 16.7 Å². The van der Waals surface area contributed by atoms with Crippen molar-refractivity contribution in [1.29, 1.82) is 0 Å². The van der Waals surface area contributed by atoms with Crippen molar-refractivity contribution in [2.75, 3.05) is 18.1 Å². The molecule has 0 aliphatic rings. The third-order valence-electron chi connectivity index (χ3n) is 2.93. The van der Waals surface area contributed by atoms with Crippen molar-refractivity contribution < 1.29 is 9.90 Å². The van der Waals surface area contributed by atoms with Gasteiger partial charge in [-0.05, 0) is 12.8 Å². The lowest BCUT2D eigenvalue weighted by molar-refractivity contribution is 0.112. The quantitative estimate of drug-likeness (QED) is 0.606. The van der Waals surface area contributed by atoms with E-state index in [0.717, 1.165) is 12.8 Å². The predicted octanol–water partition coefficient (Wildman–Crippen LogP) is 1.93. The molecule has 6 heteroatoms. The van der Waals surface area contributed by atoms with Gasteiger partial charge in [0.25, 0.3) is 0 Å². The highest BCUT2D eigenvalue weighted by molar-refractivity contribution is 6.32. The van der Waals surface area contributed by atoms with Gasteiger partial charge >= 0.3 is 0 Å². The molecule has 0 aliphatic carbocycles.